The van der Waals surface area contributed by atoms with E-state index >= 15 is 0 Å². The van der Waals surface area contributed by atoms with E-state index in [-0.39, 0.29) is 0 Å². The monoisotopic (exact) mass is 217 g/mol. The van der Waals surface area contributed by atoms with Crippen LogP contribution >= 0.6 is 0 Å². The van der Waals surface area contributed by atoms with E-state index in [0.717, 1.165) is 25.3 Å². The Morgan fingerprint density at radius 1 is 1.50 bits per heavy atom. The van der Waals surface area contributed by atoms with Crippen molar-refractivity contribution >= 4 is 5.78 Å². The smallest absolute Gasteiger partial charge is 0.252 e. The van der Waals surface area contributed by atoms with Gasteiger partial charge >= 0.3 is 0 Å². The lowest BCUT2D eigenvalue weighted by molar-refractivity contribution is 0.371. The Hall–Kier alpha value is -1.49. The molecule has 5 heteroatoms. The summed E-state index contributed by atoms with van der Waals surface area (Å²) in [5.74, 6) is 2.28. The number of fused-ring (bicyclic) bond motifs is 1. The summed E-state index contributed by atoms with van der Waals surface area (Å²) in [5, 5.41) is 7.83. The van der Waals surface area contributed by atoms with Gasteiger partial charge in [-0.25, -0.2) is 9.50 Å². The first-order chi connectivity index (χ1) is 7.92. The summed E-state index contributed by atoms with van der Waals surface area (Å²) in [6, 6.07) is 1.87. The van der Waals surface area contributed by atoms with E-state index < -0.39 is 0 Å². The first-order valence-corrected chi connectivity index (χ1v) is 5.79. The highest BCUT2D eigenvalue weighted by Gasteiger charge is 2.16. The highest BCUT2D eigenvalue weighted by Crippen LogP contribution is 2.14. The molecule has 16 heavy (non-hydrogen) atoms. The van der Waals surface area contributed by atoms with Crippen molar-refractivity contribution in [3.8, 4) is 0 Å². The van der Waals surface area contributed by atoms with Crippen LogP contribution in [0.1, 0.15) is 18.7 Å². The van der Waals surface area contributed by atoms with E-state index in [9.17, 15) is 0 Å². The van der Waals surface area contributed by atoms with Gasteiger partial charge in [0.1, 0.15) is 0 Å². The minimum absolute atomic E-state index is 0.672. The molecule has 5 nitrogen and oxygen atoms in total. The summed E-state index contributed by atoms with van der Waals surface area (Å²) in [6.45, 7) is 2.24. The predicted molar refractivity (Wildman–Crippen MR) is 60.1 cm³/mol. The quantitative estimate of drug-likeness (QED) is 0.803. The number of nitrogens with zero attached hydrogens (tertiary/aromatic N) is 4. The molecule has 1 atom stereocenters. The fraction of sp³-hybridized carbons (Fsp3) is 0.545. The van der Waals surface area contributed by atoms with E-state index in [2.05, 4.69) is 20.4 Å². The van der Waals surface area contributed by atoms with Gasteiger partial charge in [-0.3, -0.25) is 0 Å². The predicted octanol–water partition coefficient (Wildman–Crippen LogP) is 0.666. The van der Waals surface area contributed by atoms with Crippen molar-refractivity contribution in [3.05, 3.63) is 24.3 Å². The summed E-state index contributed by atoms with van der Waals surface area (Å²) in [5.41, 5.74) is 0. The van der Waals surface area contributed by atoms with E-state index in [0.29, 0.717) is 11.7 Å². The van der Waals surface area contributed by atoms with Crippen molar-refractivity contribution in [2.75, 3.05) is 13.1 Å². The molecule has 2 aromatic rings. The van der Waals surface area contributed by atoms with Crippen molar-refractivity contribution in [1.82, 2.24) is 24.9 Å². The molecule has 1 N–H and O–H groups in total. The highest BCUT2D eigenvalue weighted by atomic mass is 15.3. The Morgan fingerprint density at radius 3 is 3.31 bits per heavy atom. The van der Waals surface area contributed by atoms with E-state index in [1.54, 1.807) is 10.7 Å². The third kappa shape index (κ3) is 1.90. The molecule has 0 bridgehead atoms. The molecule has 1 aliphatic heterocycles. The van der Waals surface area contributed by atoms with E-state index in [4.69, 9.17) is 0 Å². The van der Waals surface area contributed by atoms with Gasteiger partial charge in [0.25, 0.3) is 5.78 Å². The summed E-state index contributed by atoms with van der Waals surface area (Å²) in [4.78, 5) is 8.59. The molecule has 1 saturated heterocycles. The Bertz CT molecular complexity index is 439. The van der Waals surface area contributed by atoms with Gasteiger partial charge in [0.15, 0.2) is 5.82 Å². The van der Waals surface area contributed by atoms with Crippen molar-refractivity contribution in [2.45, 2.75) is 19.3 Å². The van der Waals surface area contributed by atoms with Gasteiger partial charge in [-0.1, -0.05) is 0 Å². The molecule has 2 aromatic heterocycles. The zero-order valence-corrected chi connectivity index (χ0v) is 9.13. The first kappa shape index (κ1) is 9.72. The molecule has 3 heterocycles. The van der Waals surface area contributed by atoms with Gasteiger partial charge in [0.2, 0.25) is 0 Å². The van der Waals surface area contributed by atoms with Gasteiger partial charge in [0, 0.05) is 18.8 Å². The second kappa shape index (κ2) is 4.17. The molecule has 1 unspecified atom stereocenters. The molecule has 0 aliphatic carbocycles. The molecule has 0 radical (unpaired) electrons. The van der Waals surface area contributed by atoms with Crippen molar-refractivity contribution in [1.29, 1.82) is 0 Å². The van der Waals surface area contributed by atoms with Crippen LogP contribution in [-0.4, -0.2) is 32.7 Å². The van der Waals surface area contributed by atoms with Crippen LogP contribution in [0.15, 0.2) is 18.5 Å². The molecule has 0 spiro atoms. The largest absolute Gasteiger partial charge is 0.316 e. The number of hydrogen-bond acceptors (Lipinski definition) is 4. The van der Waals surface area contributed by atoms with E-state index in [1.807, 2.05) is 12.3 Å². The minimum atomic E-state index is 0.672. The summed E-state index contributed by atoms with van der Waals surface area (Å²) in [7, 11) is 0. The van der Waals surface area contributed by atoms with Crippen LogP contribution in [-0.2, 0) is 6.42 Å². The maximum absolute atomic E-state index is 4.42. The van der Waals surface area contributed by atoms with Gasteiger partial charge in [-0.15, -0.1) is 5.10 Å². The van der Waals surface area contributed by atoms with Crippen LogP contribution in [0.3, 0.4) is 0 Å². The van der Waals surface area contributed by atoms with Crippen LogP contribution in [0.2, 0.25) is 0 Å². The van der Waals surface area contributed by atoms with E-state index in [1.165, 1.54) is 12.8 Å². The number of aromatic nitrogens is 4. The SMILES string of the molecule is c1cnc2nc(CC3CCCNC3)nn2c1. The fourth-order valence-corrected chi connectivity index (χ4v) is 2.22. The minimum Gasteiger partial charge on any atom is -0.316 e. The molecular weight excluding hydrogens is 202 g/mol. The number of nitrogens with one attached hydrogen (secondary N) is 1. The van der Waals surface area contributed by atoms with Crippen LogP contribution in [0.4, 0.5) is 0 Å². The molecule has 1 aliphatic rings. The van der Waals surface area contributed by atoms with Gasteiger partial charge in [-0.2, -0.15) is 4.98 Å². The lowest BCUT2D eigenvalue weighted by Gasteiger charge is -2.21. The second-order valence-corrected chi connectivity index (χ2v) is 4.31. The van der Waals surface area contributed by atoms with Gasteiger partial charge in [0.05, 0.1) is 0 Å². The molecule has 84 valence electrons. The van der Waals surface area contributed by atoms with Crippen LogP contribution < -0.4 is 5.32 Å². The number of hydrogen-bond donors (Lipinski definition) is 1. The van der Waals surface area contributed by atoms with Crippen LogP contribution in [0.25, 0.3) is 5.78 Å². The molecular formula is C11H15N5. The number of piperidine rings is 1. The molecule has 0 amide bonds. The lowest BCUT2D eigenvalue weighted by Crippen LogP contribution is -2.31. The first-order valence-electron chi connectivity index (χ1n) is 5.79. The second-order valence-electron chi connectivity index (χ2n) is 4.31. The highest BCUT2D eigenvalue weighted by molar-refractivity contribution is 5.24. The van der Waals surface area contributed by atoms with Crippen molar-refractivity contribution < 1.29 is 0 Å². The maximum Gasteiger partial charge on any atom is 0.252 e. The Morgan fingerprint density at radius 2 is 2.50 bits per heavy atom. The fourth-order valence-electron chi connectivity index (χ4n) is 2.22. The average molecular weight is 217 g/mol. The summed E-state index contributed by atoms with van der Waals surface area (Å²) >= 11 is 0. The standard InChI is InChI=1S/C11H15N5/c1-3-9(8-12-4-1)7-10-14-11-13-5-2-6-16(11)15-10/h2,5-6,9,12H,1,3-4,7-8H2. The van der Waals surface area contributed by atoms with Crippen molar-refractivity contribution in [3.63, 3.8) is 0 Å². The van der Waals surface area contributed by atoms with Crippen LogP contribution in [0, 0.1) is 5.92 Å². The third-order valence-corrected chi connectivity index (χ3v) is 3.03. The van der Waals surface area contributed by atoms with Gasteiger partial charge in [-0.05, 0) is 37.9 Å². The summed E-state index contributed by atoms with van der Waals surface area (Å²) in [6.07, 6.45) is 7.12. The maximum atomic E-state index is 4.42. The Labute approximate surface area is 93.9 Å². The molecule has 3 rings (SSSR count). The third-order valence-electron chi connectivity index (χ3n) is 3.03. The topological polar surface area (TPSA) is 55.1 Å². The molecule has 0 saturated carbocycles. The normalized spacial score (nSPS) is 21.4. The zero-order chi connectivity index (χ0) is 10.8. The Kier molecular flexibility index (Phi) is 2.53. The summed E-state index contributed by atoms with van der Waals surface area (Å²) < 4.78 is 1.74. The average Bonchev–Trinajstić information content (AvgIpc) is 2.72. The van der Waals surface area contributed by atoms with Crippen LogP contribution in [0.5, 0.6) is 0 Å². The zero-order valence-electron chi connectivity index (χ0n) is 9.13. The molecule has 0 aromatic carbocycles. The Balaban J connectivity index is 1.78. The van der Waals surface area contributed by atoms with Crippen molar-refractivity contribution in [2.24, 2.45) is 5.92 Å². The van der Waals surface area contributed by atoms with Gasteiger partial charge < -0.3 is 5.32 Å². The molecule has 1 fully saturated rings. The number of rotatable bonds is 2. The lowest BCUT2D eigenvalue weighted by atomic mass is 9.96.